The molecule has 0 spiro atoms. The Hall–Kier alpha value is -0.210. The van der Waals surface area contributed by atoms with Crippen molar-refractivity contribution in [3.05, 3.63) is 28.5 Å². The van der Waals surface area contributed by atoms with E-state index in [0.29, 0.717) is 19.6 Å². The zero-order valence-corrected chi connectivity index (χ0v) is 14.0. The SMILES string of the molecule is Cl.NCC1CCCN(S(=O)(=O)c2ccc(Br)c(F)c2)C1. The second-order valence-corrected chi connectivity index (χ2v) is 7.48. The van der Waals surface area contributed by atoms with Crippen LogP contribution in [0.25, 0.3) is 0 Å². The summed E-state index contributed by atoms with van der Waals surface area (Å²) in [6.45, 7) is 1.35. The fraction of sp³-hybridized carbons (Fsp3) is 0.500. The summed E-state index contributed by atoms with van der Waals surface area (Å²) < 4.78 is 40.0. The summed E-state index contributed by atoms with van der Waals surface area (Å²) in [5.41, 5.74) is 5.60. The van der Waals surface area contributed by atoms with Crippen molar-refractivity contribution in [2.75, 3.05) is 19.6 Å². The van der Waals surface area contributed by atoms with E-state index in [2.05, 4.69) is 15.9 Å². The molecule has 0 aliphatic carbocycles. The number of benzene rings is 1. The van der Waals surface area contributed by atoms with Gasteiger partial charge in [-0.05, 0) is 59.4 Å². The van der Waals surface area contributed by atoms with Gasteiger partial charge in [-0.1, -0.05) is 0 Å². The Morgan fingerprint density at radius 2 is 2.15 bits per heavy atom. The van der Waals surface area contributed by atoms with E-state index in [-0.39, 0.29) is 27.7 Å². The summed E-state index contributed by atoms with van der Waals surface area (Å²) in [6, 6.07) is 3.87. The Morgan fingerprint density at radius 3 is 2.75 bits per heavy atom. The number of halogens is 3. The zero-order chi connectivity index (χ0) is 14.0. The van der Waals surface area contributed by atoms with Gasteiger partial charge in [0, 0.05) is 13.1 Å². The molecule has 1 saturated heterocycles. The van der Waals surface area contributed by atoms with E-state index >= 15 is 0 Å². The Bertz CT molecular complexity index is 571. The number of rotatable bonds is 3. The molecule has 2 N–H and O–H groups in total. The Kier molecular flexibility index (Phi) is 6.40. The zero-order valence-electron chi connectivity index (χ0n) is 10.8. The van der Waals surface area contributed by atoms with Crippen LogP contribution in [0.1, 0.15) is 12.8 Å². The minimum atomic E-state index is -3.63. The van der Waals surface area contributed by atoms with Crippen LogP contribution in [0, 0.1) is 11.7 Å². The molecule has 1 heterocycles. The first-order chi connectivity index (χ1) is 8.95. The normalized spacial score (nSPS) is 20.4. The molecule has 1 atom stereocenters. The Balaban J connectivity index is 0.00000200. The van der Waals surface area contributed by atoms with Gasteiger partial charge in [0.15, 0.2) is 0 Å². The average Bonchev–Trinajstić information content (AvgIpc) is 2.41. The van der Waals surface area contributed by atoms with Gasteiger partial charge in [0.1, 0.15) is 5.82 Å². The van der Waals surface area contributed by atoms with Crippen LogP contribution in [0.3, 0.4) is 0 Å². The van der Waals surface area contributed by atoms with Crippen molar-refractivity contribution in [3.8, 4) is 0 Å². The quantitative estimate of drug-likeness (QED) is 0.866. The topological polar surface area (TPSA) is 63.4 Å². The van der Waals surface area contributed by atoms with E-state index in [0.717, 1.165) is 18.9 Å². The van der Waals surface area contributed by atoms with Crippen molar-refractivity contribution in [2.24, 2.45) is 11.7 Å². The summed E-state index contributed by atoms with van der Waals surface area (Å²) in [5, 5.41) is 0. The van der Waals surface area contributed by atoms with Crippen LogP contribution in [0.2, 0.25) is 0 Å². The molecule has 0 radical (unpaired) electrons. The predicted molar refractivity (Wildman–Crippen MR) is 81.9 cm³/mol. The molecule has 1 aromatic rings. The Morgan fingerprint density at radius 1 is 1.45 bits per heavy atom. The van der Waals surface area contributed by atoms with Crippen molar-refractivity contribution in [1.82, 2.24) is 4.31 Å². The van der Waals surface area contributed by atoms with Crippen LogP contribution in [-0.2, 0) is 10.0 Å². The maximum atomic E-state index is 13.5. The first kappa shape index (κ1) is 17.8. The number of nitrogens with two attached hydrogens (primary N) is 1. The fourth-order valence-corrected chi connectivity index (χ4v) is 4.04. The molecule has 114 valence electrons. The molecule has 8 heteroatoms. The minimum Gasteiger partial charge on any atom is -0.330 e. The third kappa shape index (κ3) is 3.71. The van der Waals surface area contributed by atoms with Crippen LogP contribution in [0.15, 0.2) is 27.6 Å². The van der Waals surface area contributed by atoms with Gasteiger partial charge in [-0.25, -0.2) is 12.8 Å². The highest BCUT2D eigenvalue weighted by molar-refractivity contribution is 9.10. The van der Waals surface area contributed by atoms with Crippen LogP contribution in [0.5, 0.6) is 0 Å². The highest BCUT2D eigenvalue weighted by Crippen LogP contribution is 2.25. The van der Waals surface area contributed by atoms with Crippen LogP contribution >= 0.6 is 28.3 Å². The van der Waals surface area contributed by atoms with Gasteiger partial charge < -0.3 is 5.73 Å². The number of hydrogen-bond donors (Lipinski definition) is 1. The summed E-state index contributed by atoms with van der Waals surface area (Å²) >= 11 is 3.01. The monoisotopic (exact) mass is 386 g/mol. The molecule has 4 nitrogen and oxygen atoms in total. The van der Waals surface area contributed by atoms with Crippen molar-refractivity contribution in [3.63, 3.8) is 0 Å². The summed E-state index contributed by atoms with van der Waals surface area (Å²) in [4.78, 5) is -0.00845. The Labute approximate surface area is 133 Å². The second kappa shape index (κ2) is 7.17. The van der Waals surface area contributed by atoms with E-state index in [1.165, 1.54) is 16.4 Å². The summed E-state index contributed by atoms with van der Waals surface area (Å²) in [5.74, 6) is -0.391. The molecule has 20 heavy (non-hydrogen) atoms. The van der Waals surface area contributed by atoms with Gasteiger partial charge in [0.25, 0.3) is 0 Å². The largest absolute Gasteiger partial charge is 0.330 e. The lowest BCUT2D eigenvalue weighted by Gasteiger charge is -2.31. The van der Waals surface area contributed by atoms with Gasteiger partial charge in [-0.2, -0.15) is 4.31 Å². The first-order valence-electron chi connectivity index (χ1n) is 6.10. The molecule has 1 unspecified atom stereocenters. The molecule has 0 saturated carbocycles. The molecule has 1 fully saturated rings. The number of nitrogens with zero attached hydrogens (tertiary/aromatic N) is 1. The van der Waals surface area contributed by atoms with Crippen LogP contribution in [-0.4, -0.2) is 32.4 Å². The smallest absolute Gasteiger partial charge is 0.243 e. The van der Waals surface area contributed by atoms with Gasteiger partial charge in [-0.15, -0.1) is 12.4 Å². The van der Waals surface area contributed by atoms with Crippen molar-refractivity contribution < 1.29 is 12.8 Å². The van der Waals surface area contributed by atoms with Gasteiger partial charge in [0.05, 0.1) is 9.37 Å². The standard InChI is InChI=1S/C12H16BrFN2O2S.ClH/c13-11-4-3-10(6-12(11)14)19(17,18)16-5-1-2-9(7-15)8-16;/h3-4,6,9H,1-2,5,7-8,15H2;1H. The average molecular weight is 388 g/mol. The third-order valence-corrected chi connectivity index (χ3v) is 5.85. The fourth-order valence-electron chi connectivity index (χ4n) is 2.22. The predicted octanol–water partition coefficient (Wildman–Crippen LogP) is 2.37. The number of hydrogen-bond acceptors (Lipinski definition) is 3. The first-order valence-corrected chi connectivity index (χ1v) is 8.33. The van der Waals surface area contributed by atoms with E-state index in [4.69, 9.17) is 5.73 Å². The van der Waals surface area contributed by atoms with Crippen molar-refractivity contribution >= 4 is 38.4 Å². The summed E-state index contributed by atoms with van der Waals surface area (Å²) in [6.07, 6.45) is 1.73. The van der Waals surface area contributed by atoms with E-state index < -0.39 is 15.8 Å². The molecule has 1 aromatic carbocycles. The molecule has 0 bridgehead atoms. The van der Waals surface area contributed by atoms with Crippen LogP contribution < -0.4 is 5.73 Å². The van der Waals surface area contributed by atoms with E-state index in [1.807, 2.05) is 0 Å². The van der Waals surface area contributed by atoms with E-state index in [9.17, 15) is 12.8 Å². The van der Waals surface area contributed by atoms with Gasteiger partial charge in [-0.3, -0.25) is 0 Å². The lowest BCUT2D eigenvalue weighted by atomic mass is 10.0. The van der Waals surface area contributed by atoms with Crippen molar-refractivity contribution in [2.45, 2.75) is 17.7 Å². The number of piperidine rings is 1. The molecular formula is C12H17BrClFN2O2S. The van der Waals surface area contributed by atoms with E-state index in [1.54, 1.807) is 0 Å². The molecule has 1 aliphatic rings. The lowest BCUT2D eigenvalue weighted by Crippen LogP contribution is -2.41. The molecule has 0 aromatic heterocycles. The maximum Gasteiger partial charge on any atom is 0.243 e. The van der Waals surface area contributed by atoms with Crippen LogP contribution in [0.4, 0.5) is 4.39 Å². The molecule has 2 rings (SSSR count). The van der Waals surface area contributed by atoms with Gasteiger partial charge >= 0.3 is 0 Å². The second-order valence-electron chi connectivity index (χ2n) is 4.68. The highest BCUT2D eigenvalue weighted by atomic mass is 79.9. The summed E-state index contributed by atoms with van der Waals surface area (Å²) in [7, 11) is -3.63. The third-order valence-electron chi connectivity index (χ3n) is 3.34. The lowest BCUT2D eigenvalue weighted by molar-refractivity contribution is 0.271. The highest BCUT2D eigenvalue weighted by Gasteiger charge is 2.30. The molecule has 1 aliphatic heterocycles. The minimum absolute atomic E-state index is 0. The van der Waals surface area contributed by atoms with Gasteiger partial charge in [0.2, 0.25) is 10.0 Å². The number of sulfonamides is 1. The maximum absolute atomic E-state index is 13.5. The molecule has 0 amide bonds. The molecular weight excluding hydrogens is 371 g/mol. The van der Waals surface area contributed by atoms with Crippen molar-refractivity contribution in [1.29, 1.82) is 0 Å².